The first-order valence-electron chi connectivity index (χ1n) is 9.16. The van der Waals surface area contributed by atoms with Gasteiger partial charge in [0.15, 0.2) is 10.7 Å². The fourth-order valence-corrected chi connectivity index (χ4v) is 4.23. The maximum absolute atomic E-state index is 12.6. The highest BCUT2D eigenvalue weighted by Gasteiger charge is 2.16. The molecule has 0 radical (unpaired) electrons. The van der Waals surface area contributed by atoms with E-state index >= 15 is 0 Å². The Kier molecular flexibility index (Phi) is 6.99. The van der Waals surface area contributed by atoms with E-state index in [4.69, 9.17) is 33.0 Å². The van der Waals surface area contributed by atoms with E-state index in [0.717, 1.165) is 13.6 Å². The summed E-state index contributed by atoms with van der Waals surface area (Å²) in [5.74, 6) is 0.483. The summed E-state index contributed by atoms with van der Waals surface area (Å²) in [6, 6.07) is 16.1. The summed E-state index contributed by atoms with van der Waals surface area (Å²) in [5, 5.41) is 6.35. The monoisotopic (exact) mass is 641 g/mol. The number of hydrogen-bond donors (Lipinski definition) is 2. The number of amides is 1. The lowest BCUT2D eigenvalue weighted by atomic mass is 10.2. The summed E-state index contributed by atoms with van der Waals surface area (Å²) < 4.78 is 12.9. The molecule has 0 spiro atoms. The predicted octanol–water partition coefficient (Wildman–Crippen LogP) is 6.65. The Morgan fingerprint density at radius 3 is 2.78 bits per heavy atom. The number of nitrogens with one attached hydrogen (secondary N) is 2. The van der Waals surface area contributed by atoms with Crippen LogP contribution in [0.3, 0.4) is 0 Å². The van der Waals surface area contributed by atoms with E-state index in [1.54, 1.807) is 36.4 Å². The zero-order valence-corrected chi connectivity index (χ0v) is 21.7. The van der Waals surface area contributed by atoms with E-state index in [0.29, 0.717) is 39.0 Å². The molecule has 0 saturated heterocycles. The Morgan fingerprint density at radius 2 is 2.00 bits per heavy atom. The highest BCUT2D eigenvalue weighted by Crippen LogP contribution is 2.32. The van der Waals surface area contributed by atoms with Crippen molar-refractivity contribution in [3.05, 3.63) is 73.2 Å². The van der Waals surface area contributed by atoms with Gasteiger partial charge in [-0.3, -0.25) is 10.1 Å². The van der Waals surface area contributed by atoms with Crippen LogP contribution in [0.5, 0.6) is 5.75 Å². The van der Waals surface area contributed by atoms with Crippen LogP contribution in [-0.4, -0.2) is 23.1 Å². The van der Waals surface area contributed by atoms with Crippen LogP contribution < -0.4 is 15.4 Å². The second kappa shape index (κ2) is 9.74. The molecule has 6 nitrogen and oxygen atoms in total. The first-order chi connectivity index (χ1) is 15.3. The highest BCUT2D eigenvalue weighted by atomic mass is 127. The lowest BCUT2D eigenvalue weighted by Gasteiger charge is -2.12. The number of methoxy groups -OCH3 is 1. The van der Waals surface area contributed by atoms with Gasteiger partial charge >= 0.3 is 0 Å². The van der Waals surface area contributed by atoms with Crippen molar-refractivity contribution in [2.75, 3.05) is 12.4 Å². The Morgan fingerprint density at radius 1 is 1.19 bits per heavy atom. The third-order valence-electron chi connectivity index (χ3n) is 4.44. The number of rotatable bonds is 4. The van der Waals surface area contributed by atoms with Crippen LogP contribution in [0.15, 0.2) is 63.5 Å². The van der Waals surface area contributed by atoms with Gasteiger partial charge in [-0.1, -0.05) is 27.5 Å². The van der Waals surface area contributed by atoms with Crippen molar-refractivity contribution >= 4 is 90.1 Å². The fourth-order valence-electron chi connectivity index (χ4n) is 2.97. The highest BCUT2D eigenvalue weighted by molar-refractivity contribution is 14.1. The van der Waals surface area contributed by atoms with Crippen molar-refractivity contribution in [2.45, 2.75) is 0 Å². The Balaban J connectivity index is 1.52. The molecule has 2 N–H and O–H groups in total. The number of anilines is 1. The first-order valence-corrected chi connectivity index (χ1v) is 11.8. The molecule has 162 valence electrons. The van der Waals surface area contributed by atoms with Crippen molar-refractivity contribution in [3.63, 3.8) is 0 Å². The van der Waals surface area contributed by atoms with Gasteiger partial charge in [-0.15, -0.1) is 0 Å². The number of carbonyl (C=O) groups is 1. The van der Waals surface area contributed by atoms with Crippen LogP contribution in [0.25, 0.3) is 22.6 Å². The topological polar surface area (TPSA) is 76.4 Å². The maximum Gasteiger partial charge on any atom is 0.261 e. The van der Waals surface area contributed by atoms with E-state index in [2.05, 4.69) is 54.1 Å². The minimum Gasteiger partial charge on any atom is -0.496 e. The molecule has 0 aliphatic rings. The molecule has 32 heavy (non-hydrogen) atoms. The number of carbonyl (C=O) groups excluding carboxylic acids is 1. The molecule has 1 aromatic heterocycles. The SMILES string of the molecule is COc1ccc(Br)cc1C(=O)NC(=S)Nc1ccc2oc(-c3cc(I)ccc3Cl)nc2c1. The van der Waals surface area contributed by atoms with E-state index in [1.165, 1.54) is 7.11 Å². The van der Waals surface area contributed by atoms with Gasteiger partial charge in [0.25, 0.3) is 5.91 Å². The average molecular weight is 643 g/mol. The fraction of sp³-hybridized carbons (Fsp3) is 0.0455. The van der Waals surface area contributed by atoms with E-state index in [9.17, 15) is 4.79 Å². The van der Waals surface area contributed by atoms with Crippen molar-refractivity contribution in [1.82, 2.24) is 10.3 Å². The van der Waals surface area contributed by atoms with Gasteiger partial charge in [0.05, 0.1) is 23.3 Å². The molecule has 0 aliphatic heterocycles. The summed E-state index contributed by atoms with van der Waals surface area (Å²) >= 11 is 17.2. The summed E-state index contributed by atoms with van der Waals surface area (Å²) in [6.45, 7) is 0. The minimum absolute atomic E-state index is 0.140. The Labute approximate surface area is 216 Å². The van der Waals surface area contributed by atoms with Gasteiger partial charge in [0, 0.05) is 13.7 Å². The zero-order valence-electron chi connectivity index (χ0n) is 16.4. The van der Waals surface area contributed by atoms with Gasteiger partial charge in [-0.05, 0) is 89.4 Å². The number of nitrogens with zero attached hydrogens (tertiary/aromatic N) is 1. The molecule has 1 amide bonds. The molecule has 1 heterocycles. The van der Waals surface area contributed by atoms with Crippen LogP contribution in [0.1, 0.15) is 10.4 Å². The van der Waals surface area contributed by atoms with Crippen molar-refractivity contribution in [2.24, 2.45) is 0 Å². The first kappa shape index (κ1) is 23.0. The minimum atomic E-state index is -0.390. The molecule has 0 fully saturated rings. The summed E-state index contributed by atoms with van der Waals surface area (Å²) in [5.41, 5.74) is 2.96. The van der Waals surface area contributed by atoms with Crippen LogP contribution in [0.4, 0.5) is 5.69 Å². The third kappa shape index (κ3) is 5.06. The molecule has 10 heteroatoms. The standard InChI is InChI=1S/C22H14BrClIN3O3S/c1-30-18-6-2-11(23)8-15(18)20(29)28-22(32)26-13-4-7-19-17(10-13)27-21(31-19)14-9-12(25)3-5-16(14)24/h2-10H,1H3,(H2,26,28,29,32). The number of fused-ring (bicyclic) bond motifs is 1. The molecule has 0 saturated carbocycles. The molecule has 0 aliphatic carbocycles. The number of aromatic nitrogens is 1. The van der Waals surface area contributed by atoms with Crippen molar-refractivity contribution < 1.29 is 13.9 Å². The number of oxazole rings is 1. The molecule has 4 aromatic rings. The third-order valence-corrected chi connectivity index (χ3v) is 6.14. The number of thiocarbonyl (C=S) groups is 1. The number of halogens is 3. The van der Waals surface area contributed by atoms with E-state index < -0.39 is 5.91 Å². The average Bonchev–Trinajstić information content (AvgIpc) is 3.18. The van der Waals surface area contributed by atoms with Crippen LogP contribution in [-0.2, 0) is 0 Å². The maximum atomic E-state index is 12.6. The smallest absolute Gasteiger partial charge is 0.261 e. The molecular formula is C22H14BrClIN3O3S. The lowest BCUT2D eigenvalue weighted by Crippen LogP contribution is -2.34. The molecule has 4 rings (SSSR count). The van der Waals surface area contributed by atoms with Crippen LogP contribution in [0.2, 0.25) is 5.02 Å². The normalized spacial score (nSPS) is 10.8. The predicted molar refractivity (Wildman–Crippen MR) is 142 cm³/mol. The quantitative estimate of drug-likeness (QED) is 0.192. The van der Waals surface area contributed by atoms with Crippen LogP contribution in [0, 0.1) is 3.57 Å². The van der Waals surface area contributed by atoms with Crippen molar-refractivity contribution in [3.8, 4) is 17.2 Å². The van der Waals surface area contributed by atoms with Gasteiger partial charge in [-0.25, -0.2) is 4.98 Å². The summed E-state index contributed by atoms with van der Waals surface area (Å²) in [4.78, 5) is 17.2. The number of ether oxygens (including phenoxy) is 1. The molecule has 0 bridgehead atoms. The molecular weight excluding hydrogens is 629 g/mol. The molecule has 0 unspecified atom stereocenters. The summed E-state index contributed by atoms with van der Waals surface area (Å²) in [7, 11) is 1.50. The van der Waals surface area contributed by atoms with E-state index in [-0.39, 0.29) is 5.11 Å². The van der Waals surface area contributed by atoms with Crippen LogP contribution >= 0.6 is 62.3 Å². The Hall–Kier alpha value is -2.21. The largest absolute Gasteiger partial charge is 0.496 e. The number of hydrogen-bond acceptors (Lipinski definition) is 5. The zero-order chi connectivity index (χ0) is 22.8. The van der Waals surface area contributed by atoms with Gasteiger partial charge < -0.3 is 14.5 Å². The summed E-state index contributed by atoms with van der Waals surface area (Å²) in [6.07, 6.45) is 0. The van der Waals surface area contributed by atoms with E-state index in [1.807, 2.05) is 18.2 Å². The van der Waals surface area contributed by atoms with Gasteiger partial charge in [0.1, 0.15) is 11.3 Å². The molecule has 3 aromatic carbocycles. The van der Waals surface area contributed by atoms with Gasteiger partial charge in [0.2, 0.25) is 5.89 Å². The van der Waals surface area contributed by atoms with Crippen molar-refractivity contribution in [1.29, 1.82) is 0 Å². The second-order valence-corrected chi connectivity index (χ2v) is 9.56. The van der Waals surface area contributed by atoms with Gasteiger partial charge in [-0.2, -0.15) is 0 Å². The lowest BCUT2D eigenvalue weighted by molar-refractivity contribution is 0.0974. The molecule has 0 atom stereocenters. The second-order valence-electron chi connectivity index (χ2n) is 6.58. The number of benzene rings is 3. The Bertz CT molecular complexity index is 1360.